The summed E-state index contributed by atoms with van der Waals surface area (Å²) in [5, 5.41) is 13.5. The molecule has 0 bridgehead atoms. The second kappa shape index (κ2) is 6.27. The van der Waals surface area contributed by atoms with Crippen LogP contribution in [0.25, 0.3) is 0 Å². The Morgan fingerprint density at radius 2 is 2.05 bits per heavy atom. The molecule has 0 unspecified atom stereocenters. The van der Waals surface area contributed by atoms with E-state index in [0.717, 1.165) is 9.64 Å². The van der Waals surface area contributed by atoms with Crippen molar-refractivity contribution < 1.29 is 9.72 Å². The molecule has 2 rings (SSSR count). The third-order valence-corrected chi connectivity index (χ3v) is 3.63. The van der Waals surface area contributed by atoms with Crippen LogP contribution in [0.4, 0.5) is 17.1 Å². The van der Waals surface area contributed by atoms with Gasteiger partial charge in [-0.15, -0.1) is 0 Å². The molecule has 2 aromatic carbocycles. The van der Waals surface area contributed by atoms with Gasteiger partial charge in [0, 0.05) is 20.9 Å². The van der Waals surface area contributed by atoms with Gasteiger partial charge in [-0.25, -0.2) is 0 Å². The molecule has 0 saturated carbocycles. The zero-order chi connectivity index (χ0) is 15.6. The number of nitrogens with zero attached hydrogens (tertiary/aromatic N) is 1. The van der Waals surface area contributed by atoms with Crippen LogP contribution in [-0.2, 0) is 0 Å². The molecule has 0 aliphatic heterocycles. The Kier molecular flexibility index (Phi) is 4.63. The van der Waals surface area contributed by atoms with Crippen molar-refractivity contribution in [3.05, 3.63) is 60.7 Å². The van der Waals surface area contributed by atoms with Crippen molar-refractivity contribution in [2.24, 2.45) is 0 Å². The highest BCUT2D eigenvalue weighted by Gasteiger charge is 2.19. The van der Waals surface area contributed by atoms with Crippen molar-refractivity contribution in [1.82, 2.24) is 0 Å². The molecule has 0 aliphatic rings. The number of halogens is 2. The molecule has 0 aromatic heterocycles. The first kappa shape index (κ1) is 15.5. The predicted molar refractivity (Wildman–Crippen MR) is 89.6 cm³/mol. The maximum Gasteiger partial charge on any atom is 0.294 e. The van der Waals surface area contributed by atoms with E-state index < -0.39 is 16.5 Å². The number of carbonyl (C=O) groups excluding carboxylic acids is 1. The smallest absolute Gasteiger partial charge is 0.294 e. The molecular formula is C13H9ClIN3O3. The monoisotopic (exact) mass is 417 g/mol. The molecule has 0 spiro atoms. The van der Waals surface area contributed by atoms with Gasteiger partial charge in [0.25, 0.3) is 11.6 Å². The third-order valence-electron chi connectivity index (χ3n) is 2.65. The molecule has 0 aliphatic carbocycles. The van der Waals surface area contributed by atoms with Crippen LogP contribution in [-0.4, -0.2) is 10.8 Å². The second-order valence-corrected chi connectivity index (χ2v) is 5.77. The Balaban J connectivity index is 2.33. The first-order valence-electron chi connectivity index (χ1n) is 5.69. The van der Waals surface area contributed by atoms with Crippen LogP contribution < -0.4 is 11.1 Å². The fourth-order valence-corrected chi connectivity index (χ4v) is 2.41. The van der Waals surface area contributed by atoms with Gasteiger partial charge in [-0.2, -0.15) is 0 Å². The lowest BCUT2D eigenvalue weighted by Gasteiger charge is -2.07. The molecule has 1 amide bonds. The predicted octanol–water partition coefficient (Wildman–Crippen LogP) is 3.69. The van der Waals surface area contributed by atoms with Gasteiger partial charge in [0.2, 0.25) is 0 Å². The molecule has 3 N–H and O–H groups in total. The summed E-state index contributed by atoms with van der Waals surface area (Å²) in [6.45, 7) is 0. The highest BCUT2D eigenvalue weighted by molar-refractivity contribution is 14.1. The number of anilines is 2. The summed E-state index contributed by atoms with van der Waals surface area (Å²) in [6.07, 6.45) is 0. The number of rotatable bonds is 3. The summed E-state index contributed by atoms with van der Waals surface area (Å²) in [7, 11) is 0. The molecule has 21 heavy (non-hydrogen) atoms. The maximum atomic E-state index is 12.1. The van der Waals surface area contributed by atoms with Gasteiger partial charge in [-0.3, -0.25) is 14.9 Å². The standard InChI is InChI=1S/C13H9ClIN3O3/c14-10-4-7(5-11(12(10)16)18(20)21)13(19)17-9-3-1-2-8(15)6-9/h1-6H,16H2,(H,17,19). The van der Waals surface area contributed by atoms with Crippen molar-refractivity contribution >= 4 is 57.2 Å². The van der Waals surface area contributed by atoms with Gasteiger partial charge in [0.05, 0.1) is 9.95 Å². The maximum absolute atomic E-state index is 12.1. The topological polar surface area (TPSA) is 98.3 Å². The minimum atomic E-state index is -0.677. The summed E-state index contributed by atoms with van der Waals surface area (Å²) >= 11 is 7.94. The van der Waals surface area contributed by atoms with E-state index in [1.165, 1.54) is 6.07 Å². The lowest BCUT2D eigenvalue weighted by Crippen LogP contribution is -2.13. The first-order valence-corrected chi connectivity index (χ1v) is 7.14. The summed E-state index contributed by atoms with van der Waals surface area (Å²) in [5.41, 5.74) is 5.62. The number of carbonyl (C=O) groups is 1. The Morgan fingerprint density at radius 3 is 2.67 bits per heavy atom. The second-order valence-electron chi connectivity index (χ2n) is 4.11. The van der Waals surface area contributed by atoms with Crippen molar-refractivity contribution in [2.75, 3.05) is 11.1 Å². The van der Waals surface area contributed by atoms with E-state index in [2.05, 4.69) is 27.9 Å². The number of amides is 1. The lowest BCUT2D eigenvalue weighted by atomic mass is 10.1. The van der Waals surface area contributed by atoms with Crippen molar-refractivity contribution in [2.45, 2.75) is 0 Å². The van der Waals surface area contributed by atoms with Crippen LogP contribution in [0, 0.1) is 13.7 Å². The van der Waals surface area contributed by atoms with Gasteiger partial charge in [-0.05, 0) is 46.9 Å². The molecular weight excluding hydrogens is 409 g/mol. The molecule has 0 radical (unpaired) electrons. The van der Waals surface area contributed by atoms with Gasteiger partial charge in [0.1, 0.15) is 5.69 Å². The Labute approximate surface area is 138 Å². The molecule has 0 saturated heterocycles. The lowest BCUT2D eigenvalue weighted by molar-refractivity contribution is -0.383. The van der Waals surface area contributed by atoms with Crippen molar-refractivity contribution in [3.63, 3.8) is 0 Å². The summed E-state index contributed by atoms with van der Waals surface area (Å²) < 4.78 is 0.951. The molecule has 0 heterocycles. The van der Waals surface area contributed by atoms with E-state index in [0.29, 0.717) is 5.69 Å². The molecule has 0 fully saturated rings. The van der Waals surface area contributed by atoms with E-state index in [1.54, 1.807) is 18.2 Å². The molecule has 8 heteroatoms. The van der Waals surface area contributed by atoms with Crippen LogP contribution >= 0.6 is 34.2 Å². The average molecular weight is 418 g/mol. The zero-order valence-corrected chi connectivity index (χ0v) is 13.4. The summed E-state index contributed by atoms with van der Waals surface area (Å²) in [5.74, 6) is -0.498. The Bertz CT molecular complexity index is 737. The minimum absolute atomic E-state index is 0.0306. The molecule has 2 aromatic rings. The van der Waals surface area contributed by atoms with Gasteiger partial charge in [-0.1, -0.05) is 17.7 Å². The number of benzene rings is 2. The normalized spacial score (nSPS) is 10.2. The summed E-state index contributed by atoms with van der Waals surface area (Å²) in [6, 6.07) is 9.55. The number of nitrogens with two attached hydrogens (primary N) is 1. The third kappa shape index (κ3) is 3.61. The Hall–Kier alpha value is -1.87. The highest BCUT2D eigenvalue weighted by Crippen LogP contribution is 2.31. The first-order chi connectivity index (χ1) is 9.88. The number of nitro benzene ring substituents is 1. The van der Waals surface area contributed by atoms with E-state index in [1.807, 2.05) is 6.07 Å². The number of hydrogen-bond acceptors (Lipinski definition) is 4. The highest BCUT2D eigenvalue weighted by atomic mass is 127. The number of nitrogen functional groups attached to an aromatic ring is 1. The number of nitrogens with one attached hydrogen (secondary N) is 1. The molecule has 108 valence electrons. The van der Waals surface area contributed by atoms with E-state index >= 15 is 0 Å². The molecule has 6 nitrogen and oxygen atoms in total. The Morgan fingerprint density at radius 1 is 1.33 bits per heavy atom. The van der Waals surface area contributed by atoms with E-state index in [-0.39, 0.29) is 16.3 Å². The summed E-state index contributed by atoms with van der Waals surface area (Å²) in [4.78, 5) is 22.3. The van der Waals surface area contributed by atoms with E-state index in [4.69, 9.17) is 17.3 Å². The molecule has 0 atom stereocenters. The number of hydrogen-bond donors (Lipinski definition) is 2. The van der Waals surface area contributed by atoms with Crippen LogP contribution in [0.15, 0.2) is 36.4 Å². The largest absolute Gasteiger partial charge is 0.392 e. The van der Waals surface area contributed by atoms with Crippen molar-refractivity contribution in [1.29, 1.82) is 0 Å². The van der Waals surface area contributed by atoms with Gasteiger partial charge >= 0.3 is 0 Å². The van der Waals surface area contributed by atoms with Gasteiger partial charge in [0.15, 0.2) is 0 Å². The van der Waals surface area contributed by atoms with Crippen molar-refractivity contribution in [3.8, 4) is 0 Å². The van der Waals surface area contributed by atoms with Gasteiger partial charge < -0.3 is 11.1 Å². The number of nitro groups is 1. The SMILES string of the molecule is Nc1c(Cl)cc(C(=O)Nc2cccc(I)c2)cc1[N+](=O)[O-]. The van der Waals surface area contributed by atoms with Crippen LogP contribution in [0.2, 0.25) is 5.02 Å². The van der Waals surface area contributed by atoms with Crippen LogP contribution in [0.5, 0.6) is 0 Å². The zero-order valence-electron chi connectivity index (χ0n) is 10.5. The van der Waals surface area contributed by atoms with Crippen LogP contribution in [0.1, 0.15) is 10.4 Å². The van der Waals surface area contributed by atoms with E-state index in [9.17, 15) is 14.9 Å². The quantitative estimate of drug-likeness (QED) is 0.344. The fourth-order valence-electron chi connectivity index (χ4n) is 1.65. The van der Waals surface area contributed by atoms with Crippen LogP contribution in [0.3, 0.4) is 0 Å². The minimum Gasteiger partial charge on any atom is -0.392 e. The average Bonchev–Trinajstić information content (AvgIpc) is 2.41. The fraction of sp³-hybridized carbons (Fsp3) is 0.